The number of carbonyl (C=O) groups is 1. The number of carbonyl (C=O) groups excluding carboxylic acids is 1. The van der Waals surface area contributed by atoms with Gasteiger partial charge in [-0.3, -0.25) is 4.79 Å². The molecule has 0 radical (unpaired) electrons. The van der Waals surface area contributed by atoms with Crippen molar-refractivity contribution in [2.24, 2.45) is 5.92 Å². The number of aromatic nitrogens is 1. The van der Waals surface area contributed by atoms with Crippen LogP contribution in [-0.2, 0) is 11.3 Å². The van der Waals surface area contributed by atoms with Crippen molar-refractivity contribution >= 4 is 5.91 Å². The molecule has 2 aromatic rings. The molecule has 28 heavy (non-hydrogen) atoms. The zero-order chi connectivity index (χ0) is 19.3. The molecule has 2 aliphatic heterocycles. The molecule has 0 aliphatic carbocycles. The van der Waals surface area contributed by atoms with Gasteiger partial charge in [0.15, 0.2) is 0 Å². The maximum absolute atomic E-state index is 12.3. The summed E-state index contributed by atoms with van der Waals surface area (Å²) in [6.07, 6.45) is 7.14. The average Bonchev–Trinajstić information content (AvgIpc) is 3.06. The first kappa shape index (κ1) is 18.7. The van der Waals surface area contributed by atoms with Gasteiger partial charge in [-0.1, -0.05) is 12.1 Å². The Balaban J connectivity index is 1.24. The second kappa shape index (κ2) is 8.61. The molecule has 1 amide bonds. The van der Waals surface area contributed by atoms with Gasteiger partial charge in [-0.2, -0.15) is 0 Å². The van der Waals surface area contributed by atoms with Crippen LogP contribution in [0.25, 0.3) is 0 Å². The Morgan fingerprint density at radius 2 is 1.96 bits per heavy atom. The van der Waals surface area contributed by atoms with Gasteiger partial charge in [0.2, 0.25) is 11.8 Å². The highest BCUT2D eigenvalue weighted by Crippen LogP contribution is 2.32. The number of methoxy groups -OCH3 is 1. The van der Waals surface area contributed by atoms with Crippen molar-refractivity contribution in [3.63, 3.8) is 0 Å². The highest BCUT2D eigenvalue weighted by atomic mass is 16.5. The first-order chi connectivity index (χ1) is 13.7. The Morgan fingerprint density at radius 1 is 1.18 bits per heavy atom. The van der Waals surface area contributed by atoms with Crippen LogP contribution in [0.4, 0.5) is 0 Å². The number of piperidine rings is 1. The first-order valence-electron chi connectivity index (χ1n) is 9.97. The third-order valence-corrected chi connectivity index (χ3v) is 5.60. The van der Waals surface area contributed by atoms with Crippen LogP contribution in [0, 0.1) is 5.92 Å². The van der Waals surface area contributed by atoms with Crippen LogP contribution in [0.15, 0.2) is 42.6 Å². The highest BCUT2D eigenvalue weighted by Gasteiger charge is 2.34. The zero-order valence-corrected chi connectivity index (χ0v) is 16.2. The molecule has 2 N–H and O–H groups in total. The van der Waals surface area contributed by atoms with Gasteiger partial charge in [-0.25, -0.2) is 4.98 Å². The van der Waals surface area contributed by atoms with E-state index in [1.807, 2.05) is 36.4 Å². The summed E-state index contributed by atoms with van der Waals surface area (Å²) in [4.78, 5) is 16.6. The summed E-state index contributed by atoms with van der Waals surface area (Å²) in [6.45, 7) is 0.489. The number of ether oxygens (including phenoxy) is 2. The summed E-state index contributed by atoms with van der Waals surface area (Å²) < 4.78 is 10.9. The molecule has 2 aliphatic rings. The maximum Gasteiger partial charge on any atom is 0.220 e. The van der Waals surface area contributed by atoms with Crippen molar-refractivity contribution in [3.05, 3.63) is 48.2 Å². The molecule has 0 spiro atoms. The van der Waals surface area contributed by atoms with Gasteiger partial charge in [0.05, 0.1) is 7.11 Å². The molecule has 6 heteroatoms. The topological polar surface area (TPSA) is 72.5 Å². The number of benzene rings is 1. The van der Waals surface area contributed by atoms with Crippen LogP contribution < -0.4 is 20.1 Å². The smallest absolute Gasteiger partial charge is 0.220 e. The van der Waals surface area contributed by atoms with Crippen molar-refractivity contribution in [2.75, 3.05) is 7.11 Å². The molecule has 1 aromatic heterocycles. The molecule has 2 saturated heterocycles. The number of nitrogens with zero attached hydrogens (tertiary/aromatic N) is 1. The number of nitrogens with one attached hydrogen (secondary N) is 2. The summed E-state index contributed by atoms with van der Waals surface area (Å²) in [5, 5.41) is 6.65. The summed E-state index contributed by atoms with van der Waals surface area (Å²) in [5.74, 6) is 2.55. The fourth-order valence-electron chi connectivity index (χ4n) is 4.24. The molecule has 3 heterocycles. The Bertz CT molecular complexity index is 797. The van der Waals surface area contributed by atoms with Crippen molar-refractivity contribution in [1.29, 1.82) is 0 Å². The zero-order valence-electron chi connectivity index (χ0n) is 16.2. The Kier molecular flexibility index (Phi) is 5.76. The number of hydrogen-bond acceptors (Lipinski definition) is 5. The van der Waals surface area contributed by atoms with Crippen LogP contribution in [0.3, 0.4) is 0 Å². The van der Waals surface area contributed by atoms with E-state index in [4.69, 9.17) is 9.47 Å². The molecule has 2 unspecified atom stereocenters. The normalized spacial score (nSPS) is 23.2. The quantitative estimate of drug-likeness (QED) is 0.769. The van der Waals surface area contributed by atoms with Gasteiger partial charge in [0.1, 0.15) is 11.5 Å². The van der Waals surface area contributed by atoms with Crippen molar-refractivity contribution < 1.29 is 14.3 Å². The molecular formula is C22H27N3O3. The summed E-state index contributed by atoms with van der Waals surface area (Å²) in [5.41, 5.74) is 0.955. The van der Waals surface area contributed by atoms with Gasteiger partial charge >= 0.3 is 0 Å². The van der Waals surface area contributed by atoms with Crippen LogP contribution in [0.2, 0.25) is 0 Å². The van der Waals surface area contributed by atoms with Crippen LogP contribution in [0.1, 0.15) is 37.7 Å². The van der Waals surface area contributed by atoms with E-state index in [1.54, 1.807) is 13.3 Å². The average molecular weight is 381 g/mol. The third-order valence-electron chi connectivity index (χ3n) is 5.60. The molecule has 2 atom stereocenters. The minimum absolute atomic E-state index is 0.128. The van der Waals surface area contributed by atoms with Gasteiger partial charge in [0.25, 0.3) is 0 Å². The SMILES string of the molecule is COc1cccc(Oc2ccc(CNC(=O)CC3CC4CCC(C3)N4)cn2)c1. The third kappa shape index (κ3) is 4.81. The molecule has 1 aromatic carbocycles. The highest BCUT2D eigenvalue weighted by molar-refractivity contribution is 5.76. The predicted octanol–water partition coefficient (Wildman–Crippen LogP) is 3.42. The minimum Gasteiger partial charge on any atom is -0.497 e. The monoisotopic (exact) mass is 381 g/mol. The lowest BCUT2D eigenvalue weighted by molar-refractivity contribution is -0.122. The van der Waals surface area contributed by atoms with Crippen LogP contribution in [-0.4, -0.2) is 30.1 Å². The fraction of sp³-hybridized carbons (Fsp3) is 0.455. The van der Waals surface area contributed by atoms with Gasteiger partial charge in [-0.05, 0) is 49.3 Å². The molecule has 2 bridgehead atoms. The lowest BCUT2D eigenvalue weighted by atomic mass is 9.89. The number of rotatable bonds is 7. The molecule has 0 saturated carbocycles. The second-order valence-electron chi connectivity index (χ2n) is 7.74. The second-order valence-corrected chi connectivity index (χ2v) is 7.74. The van der Waals surface area contributed by atoms with E-state index in [9.17, 15) is 4.79 Å². The molecule has 4 rings (SSSR count). The maximum atomic E-state index is 12.3. The number of hydrogen-bond donors (Lipinski definition) is 2. The largest absolute Gasteiger partial charge is 0.497 e. The molecular weight excluding hydrogens is 354 g/mol. The van der Waals surface area contributed by atoms with E-state index < -0.39 is 0 Å². The van der Waals surface area contributed by atoms with E-state index in [0.717, 1.165) is 24.2 Å². The standard InChI is InChI=1S/C22H27N3O3/c1-27-19-3-2-4-20(12-19)28-22-8-5-15(14-24-22)13-23-21(26)11-16-9-17-6-7-18(10-16)25-17/h2-5,8,12,14,16-18,25H,6-7,9-11,13H2,1H3,(H,23,26). The van der Waals surface area contributed by atoms with E-state index in [1.165, 1.54) is 12.8 Å². The summed E-state index contributed by atoms with van der Waals surface area (Å²) in [6, 6.07) is 12.4. The Labute approximate surface area is 165 Å². The van der Waals surface area contributed by atoms with Gasteiger partial charge < -0.3 is 20.1 Å². The Morgan fingerprint density at radius 3 is 2.68 bits per heavy atom. The first-order valence-corrected chi connectivity index (χ1v) is 9.97. The number of pyridine rings is 1. The molecule has 6 nitrogen and oxygen atoms in total. The predicted molar refractivity (Wildman–Crippen MR) is 106 cm³/mol. The minimum atomic E-state index is 0.128. The van der Waals surface area contributed by atoms with Crippen molar-refractivity contribution in [3.8, 4) is 17.4 Å². The summed E-state index contributed by atoms with van der Waals surface area (Å²) in [7, 11) is 1.62. The van der Waals surface area contributed by atoms with Crippen LogP contribution >= 0.6 is 0 Å². The van der Waals surface area contributed by atoms with Gasteiger partial charge in [-0.15, -0.1) is 0 Å². The lowest BCUT2D eigenvalue weighted by Crippen LogP contribution is -2.39. The summed E-state index contributed by atoms with van der Waals surface area (Å²) >= 11 is 0. The van der Waals surface area contributed by atoms with E-state index in [-0.39, 0.29) is 5.91 Å². The van der Waals surface area contributed by atoms with Crippen LogP contribution in [0.5, 0.6) is 17.4 Å². The lowest BCUT2D eigenvalue weighted by Gasteiger charge is -2.28. The van der Waals surface area contributed by atoms with Gasteiger partial charge in [0, 0.05) is 43.4 Å². The van der Waals surface area contributed by atoms with E-state index >= 15 is 0 Å². The Hall–Kier alpha value is -2.60. The number of fused-ring (bicyclic) bond motifs is 2. The molecule has 2 fully saturated rings. The van der Waals surface area contributed by atoms with Crippen molar-refractivity contribution in [2.45, 2.75) is 50.7 Å². The van der Waals surface area contributed by atoms with Crippen molar-refractivity contribution in [1.82, 2.24) is 15.6 Å². The fourth-order valence-corrected chi connectivity index (χ4v) is 4.24. The van der Waals surface area contributed by atoms with E-state index in [2.05, 4.69) is 15.6 Å². The van der Waals surface area contributed by atoms with E-state index in [0.29, 0.717) is 42.6 Å². The molecule has 148 valence electrons. The number of amides is 1.